The Morgan fingerprint density at radius 1 is 1.21 bits per heavy atom. The molecular formula is C28H40FN3O6S. The van der Waals surface area contributed by atoms with Crippen LogP contribution in [0.25, 0.3) is 17.3 Å². The molecule has 39 heavy (non-hydrogen) atoms. The summed E-state index contributed by atoms with van der Waals surface area (Å²) in [5, 5.41) is 0. The van der Waals surface area contributed by atoms with Gasteiger partial charge in [0.1, 0.15) is 11.4 Å². The Morgan fingerprint density at radius 2 is 1.82 bits per heavy atom. The van der Waals surface area contributed by atoms with Crippen molar-refractivity contribution >= 4 is 28.0 Å². The normalized spacial score (nSPS) is 17.5. The molecule has 11 heteroatoms. The Kier molecular flexibility index (Phi) is 10.8. The van der Waals surface area contributed by atoms with Gasteiger partial charge in [-0.3, -0.25) is 9.52 Å². The van der Waals surface area contributed by atoms with Crippen LogP contribution in [0.1, 0.15) is 79.0 Å². The average molecular weight is 566 g/mol. The summed E-state index contributed by atoms with van der Waals surface area (Å²) in [5.74, 6) is -1.31. The number of halogens is 1. The summed E-state index contributed by atoms with van der Waals surface area (Å²) >= 11 is 0. The van der Waals surface area contributed by atoms with E-state index in [4.69, 9.17) is 14.2 Å². The molecule has 0 radical (unpaired) electrons. The number of hydrogen-bond acceptors (Lipinski definition) is 8. The van der Waals surface area contributed by atoms with Crippen LogP contribution < -0.4 is 4.72 Å². The maximum atomic E-state index is 13.5. The Hall–Kier alpha value is -2.89. The average Bonchev–Trinajstić information content (AvgIpc) is 2.75. The van der Waals surface area contributed by atoms with E-state index in [1.54, 1.807) is 12.1 Å². The van der Waals surface area contributed by atoms with Gasteiger partial charge in [0, 0.05) is 24.5 Å². The number of rotatable bonds is 6. The lowest BCUT2D eigenvalue weighted by molar-refractivity contribution is -0.262. The fraction of sp³-hybridized carbons (Fsp3) is 0.536. The van der Waals surface area contributed by atoms with E-state index in [1.165, 1.54) is 19.1 Å². The van der Waals surface area contributed by atoms with Gasteiger partial charge in [0.25, 0.3) is 0 Å². The topological polar surface area (TPSA) is 117 Å². The smallest absolute Gasteiger partial charge is 0.303 e. The van der Waals surface area contributed by atoms with Crippen molar-refractivity contribution < 1.29 is 31.8 Å². The third kappa shape index (κ3) is 11.4. The summed E-state index contributed by atoms with van der Waals surface area (Å²) in [6, 6.07) is 5.90. The van der Waals surface area contributed by atoms with E-state index in [0.717, 1.165) is 11.8 Å². The summed E-state index contributed by atoms with van der Waals surface area (Å²) in [6.07, 6.45) is 5.42. The number of benzene rings is 1. The quantitative estimate of drug-likeness (QED) is 0.445. The van der Waals surface area contributed by atoms with Crippen molar-refractivity contribution in [2.75, 3.05) is 17.6 Å². The fourth-order valence-electron chi connectivity index (χ4n) is 3.78. The molecule has 0 spiro atoms. The third-order valence-corrected chi connectivity index (χ3v) is 5.68. The fourth-order valence-corrected chi connectivity index (χ4v) is 4.20. The lowest BCUT2D eigenvalue weighted by Gasteiger charge is -2.34. The Labute approximate surface area is 231 Å². The van der Waals surface area contributed by atoms with Crippen molar-refractivity contribution in [1.29, 1.82) is 0 Å². The van der Waals surface area contributed by atoms with Crippen LogP contribution in [0.2, 0.25) is 0 Å². The number of aromatic nitrogens is 2. The van der Waals surface area contributed by atoms with Gasteiger partial charge >= 0.3 is 5.97 Å². The highest BCUT2D eigenvalue weighted by atomic mass is 32.2. The van der Waals surface area contributed by atoms with E-state index in [0.29, 0.717) is 30.0 Å². The van der Waals surface area contributed by atoms with Crippen LogP contribution in [-0.2, 0) is 29.0 Å². The second-order valence-electron chi connectivity index (χ2n) is 11.0. The molecule has 1 unspecified atom stereocenters. The predicted molar refractivity (Wildman–Crippen MR) is 150 cm³/mol. The van der Waals surface area contributed by atoms with Crippen molar-refractivity contribution in [2.45, 2.75) is 85.2 Å². The molecular weight excluding hydrogens is 525 g/mol. The van der Waals surface area contributed by atoms with Gasteiger partial charge in [-0.2, -0.15) is 0 Å². The molecule has 0 bridgehead atoms. The molecule has 1 aromatic heterocycles. The van der Waals surface area contributed by atoms with Gasteiger partial charge in [0.2, 0.25) is 16.0 Å². The number of hydrogen-bond donors (Lipinski definition) is 1. The number of ether oxygens (including phenoxy) is 3. The number of carbonyl (C=O) groups excluding carboxylic acids is 1. The zero-order valence-corrected chi connectivity index (χ0v) is 25.0. The highest BCUT2D eigenvalue weighted by Crippen LogP contribution is 2.31. The minimum atomic E-state index is -3.57. The van der Waals surface area contributed by atoms with Gasteiger partial charge in [-0.25, -0.2) is 22.8 Å². The van der Waals surface area contributed by atoms with Crippen molar-refractivity contribution in [2.24, 2.45) is 0 Å². The molecule has 1 aliphatic heterocycles. The molecule has 216 valence electrons. The van der Waals surface area contributed by atoms with Crippen LogP contribution in [-0.4, -0.2) is 54.7 Å². The van der Waals surface area contributed by atoms with E-state index in [-0.39, 0.29) is 35.4 Å². The molecule has 0 amide bonds. The predicted octanol–water partition coefficient (Wildman–Crippen LogP) is 5.68. The van der Waals surface area contributed by atoms with Crippen LogP contribution in [0, 0.1) is 5.82 Å². The first-order valence-electron chi connectivity index (χ1n) is 12.7. The highest BCUT2D eigenvalue weighted by molar-refractivity contribution is 7.91. The Morgan fingerprint density at radius 3 is 2.28 bits per heavy atom. The van der Waals surface area contributed by atoms with Gasteiger partial charge in [-0.15, -0.1) is 0 Å². The van der Waals surface area contributed by atoms with Crippen LogP contribution in [0.15, 0.2) is 30.3 Å². The third-order valence-electron chi connectivity index (χ3n) is 5.13. The standard InChI is InChI=1S/C22H28FN3O4S.C6H12O2/c1-14(2)19-18(11-10-17-12-13-29-22(3,4)30-17)20(15-6-8-16(23)9-7-15)25-21(24-19)26-31(5,27)28;1-5(7)8-6(2,3)4/h6-11,14,17H,12-13H2,1-5H3,(H,24,25,26);1-4H3/b11-10+;. The lowest BCUT2D eigenvalue weighted by Crippen LogP contribution is -2.38. The van der Waals surface area contributed by atoms with E-state index >= 15 is 0 Å². The van der Waals surface area contributed by atoms with E-state index < -0.39 is 15.8 Å². The lowest BCUT2D eigenvalue weighted by atomic mass is 9.97. The van der Waals surface area contributed by atoms with Gasteiger partial charge < -0.3 is 14.2 Å². The summed E-state index contributed by atoms with van der Waals surface area (Å²) in [7, 11) is -3.57. The highest BCUT2D eigenvalue weighted by Gasteiger charge is 2.28. The van der Waals surface area contributed by atoms with E-state index in [2.05, 4.69) is 14.7 Å². The SMILES string of the molecule is CC(=O)OC(C)(C)C.CC(C)c1nc(NS(C)(=O)=O)nc(-c2ccc(F)cc2)c1/C=C/C1CCOC(C)(C)O1. The maximum absolute atomic E-state index is 13.5. The molecule has 1 saturated heterocycles. The van der Waals surface area contributed by atoms with Gasteiger partial charge in [-0.05, 0) is 64.8 Å². The molecule has 1 aromatic carbocycles. The summed E-state index contributed by atoms with van der Waals surface area (Å²) in [6.45, 7) is 15.2. The minimum absolute atomic E-state index is 0.0194. The molecule has 9 nitrogen and oxygen atoms in total. The van der Waals surface area contributed by atoms with Gasteiger partial charge in [0.15, 0.2) is 5.79 Å². The monoisotopic (exact) mass is 565 g/mol. The molecule has 0 aliphatic carbocycles. The number of carbonyl (C=O) groups is 1. The largest absolute Gasteiger partial charge is 0.460 e. The van der Waals surface area contributed by atoms with Crippen LogP contribution in [0.3, 0.4) is 0 Å². The van der Waals surface area contributed by atoms with E-state index in [1.807, 2.05) is 60.6 Å². The van der Waals surface area contributed by atoms with Crippen molar-refractivity contribution in [3.63, 3.8) is 0 Å². The molecule has 2 heterocycles. The summed E-state index contributed by atoms with van der Waals surface area (Å²) in [4.78, 5) is 19.2. The molecule has 1 atom stereocenters. The maximum Gasteiger partial charge on any atom is 0.303 e. The second kappa shape index (κ2) is 13.0. The number of anilines is 1. The number of nitrogens with one attached hydrogen (secondary N) is 1. The van der Waals surface area contributed by atoms with Crippen LogP contribution in [0.4, 0.5) is 10.3 Å². The molecule has 1 N–H and O–H groups in total. The Bertz CT molecular complexity index is 1270. The number of nitrogens with zero attached hydrogens (tertiary/aromatic N) is 2. The van der Waals surface area contributed by atoms with Gasteiger partial charge in [0.05, 0.1) is 30.4 Å². The first-order valence-corrected chi connectivity index (χ1v) is 14.6. The van der Waals surface area contributed by atoms with Gasteiger partial charge in [-0.1, -0.05) is 26.0 Å². The van der Waals surface area contributed by atoms with Crippen LogP contribution in [0.5, 0.6) is 0 Å². The van der Waals surface area contributed by atoms with Crippen molar-refractivity contribution in [3.05, 3.63) is 47.4 Å². The Balaban J connectivity index is 0.000000580. The molecule has 2 aromatic rings. The zero-order valence-electron chi connectivity index (χ0n) is 24.2. The first-order chi connectivity index (χ1) is 17.8. The molecule has 0 saturated carbocycles. The first kappa shape index (κ1) is 32.3. The van der Waals surface area contributed by atoms with Crippen LogP contribution >= 0.6 is 0 Å². The molecule has 1 fully saturated rings. The second-order valence-corrected chi connectivity index (χ2v) is 12.7. The minimum Gasteiger partial charge on any atom is -0.460 e. The molecule has 3 rings (SSSR count). The summed E-state index contributed by atoms with van der Waals surface area (Å²) in [5.41, 5.74) is 2.23. The van der Waals surface area contributed by atoms with Crippen molar-refractivity contribution in [3.8, 4) is 11.3 Å². The summed E-state index contributed by atoms with van der Waals surface area (Å²) < 4.78 is 55.7. The number of sulfonamides is 1. The zero-order chi connectivity index (χ0) is 29.6. The number of esters is 1. The van der Waals surface area contributed by atoms with E-state index in [9.17, 15) is 17.6 Å². The van der Waals surface area contributed by atoms with Crippen molar-refractivity contribution in [1.82, 2.24) is 9.97 Å². The molecule has 1 aliphatic rings.